The monoisotopic (exact) mass is 366 g/mol. The molecule has 4 aliphatic rings. The number of nitrogens with zero attached hydrogens (tertiary/aromatic N) is 1. The van der Waals surface area contributed by atoms with Gasteiger partial charge in [-0.25, -0.2) is 0 Å². The van der Waals surface area contributed by atoms with Gasteiger partial charge in [-0.15, -0.1) is 12.4 Å². The second-order valence-electron chi connectivity index (χ2n) is 9.80. The van der Waals surface area contributed by atoms with Crippen LogP contribution in [0.5, 0.6) is 0 Å². The summed E-state index contributed by atoms with van der Waals surface area (Å²) in [6, 6.07) is 2.82. The van der Waals surface area contributed by atoms with Crippen molar-refractivity contribution in [3.63, 3.8) is 0 Å². The van der Waals surface area contributed by atoms with Crippen LogP contribution in [0, 0.1) is 45.8 Å². The molecule has 0 aliphatic heterocycles. The minimum Gasteiger partial charge on any atom is -0.393 e. The van der Waals surface area contributed by atoms with Crippen molar-refractivity contribution < 1.29 is 5.11 Å². The summed E-state index contributed by atoms with van der Waals surface area (Å²) in [6.07, 6.45) is 11.3. The van der Waals surface area contributed by atoms with Crippen LogP contribution in [0.15, 0.2) is 0 Å². The van der Waals surface area contributed by atoms with Crippen LogP contribution in [0.4, 0.5) is 0 Å². The standard InChI is InChI=1S/C21H34N2O.ClH/c1-20-9-7-15(24)13-14(20)3-4-16-17-5-6-19(23-12-11-22)21(17,2)10-8-18(16)20;/h14-19,23-24H,3-10,12-13H2,1-2H3;1H/t14-,15?,16?,17?,18?,19?,20-,21-;/m0./s1. The molecule has 0 aromatic rings. The highest BCUT2D eigenvalue weighted by molar-refractivity contribution is 5.85. The first-order chi connectivity index (χ1) is 11.5. The van der Waals surface area contributed by atoms with Gasteiger partial charge >= 0.3 is 0 Å². The molecule has 5 unspecified atom stereocenters. The van der Waals surface area contributed by atoms with Gasteiger partial charge in [0.1, 0.15) is 0 Å². The fourth-order valence-electron chi connectivity index (χ4n) is 7.74. The molecule has 4 fully saturated rings. The predicted molar refractivity (Wildman–Crippen MR) is 102 cm³/mol. The first-order valence-electron chi connectivity index (χ1n) is 10.3. The molecule has 0 heterocycles. The number of halogens is 1. The summed E-state index contributed by atoms with van der Waals surface area (Å²) < 4.78 is 0. The van der Waals surface area contributed by atoms with Crippen LogP contribution in [-0.4, -0.2) is 23.8 Å². The lowest BCUT2D eigenvalue weighted by atomic mass is 9.45. The Morgan fingerprint density at radius 2 is 1.72 bits per heavy atom. The summed E-state index contributed by atoms with van der Waals surface area (Å²) >= 11 is 0. The quantitative estimate of drug-likeness (QED) is 0.716. The zero-order valence-corrected chi connectivity index (χ0v) is 16.7. The maximum absolute atomic E-state index is 10.1. The fraction of sp³-hybridized carbons (Fsp3) is 0.952. The second kappa shape index (κ2) is 7.02. The third-order valence-electron chi connectivity index (χ3n) is 9.07. The average Bonchev–Trinajstić information content (AvgIpc) is 2.90. The van der Waals surface area contributed by atoms with Crippen molar-refractivity contribution >= 4 is 12.4 Å². The first kappa shape index (κ1) is 19.5. The van der Waals surface area contributed by atoms with E-state index in [1.807, 2.05) is 0 Å². The number of hydrogen-bond acceptors (Lipinski definition) is 3. The molecule has 4 heteroatoms. The largest absolute Gasteiger partial charge is 0.393 e. The summed E-state index contributed by atoms with van der Waals surface area (Å²) in [6.45, 7) is 5.57. The minimum atomic E-state index is -0.0421. The lowest BCUT2D eigenvalue weighted by molar-refractivity contribution is -0.123. The topological polar surface area (TPSA) is 56.0 Å². The number of rotatable bonds is 2. The molecule has 2 N–H and O–H groups in total. The molecule has 142 valence electrons. The highest BCUT2D eigenvalue weighted by atomic mass is 35.5. The van der Waals surface area contributed by atoms with Gasteiger partial charge in [0.25, 0.3) is 0 Å². The van der Waals surface area contributed by atoms with Crippen molar-refractivity contribution in [2.45, 2.75) is 83.8 Å². The molecular weight excluding hydrogens is 332 g/mol. The van der Waals surface area contributed by atoms with Crippen LogP contribution in [0.3, 0.4) is 0 Å². The maximum atomic E-state index is 10.1. The molecule has 0 bridgehead atoms. The van der Waals surface area contributed by atoms with Crippen LogP contribution < -0.4 is 5.32 Å². The number of fused-ring (bicyclic) bond motifs is 5. The van der Waals surface area contributed by atoms with Crippen LogP contribution in [-0.2, 0) is 0 Å². The smallest absolute Gasteiger partial charge is 0.0843 e. The molecule has 0 amide bonds. The first-order valence-corrected chi connectivity index (χ1v) is 10.3. The van der Waals surface area contributed by atoms with Crippen LogP contribution in [0.2, 0.25) is 0 Å². The number of aliphatic hydroxyl groups excluding tert-OH is 1. The third kappa shape index (κ3) is 2.93. The Morgan fingerprint density at radius 3 is 2.48 bits per heavy atom. The predicted octanol–water partition coefficient (Wildman–Crippen LogP) is 4.29. The molecule has 0 radical (unpaired) electrons. The van der Waals surface area contributed by atoms with Crippen LogP contribution in [0.25, 0.3) is 0 Å². The minimum absolute atomic E-state index is 0. The molecule has 3 nitrogen and oxygen atoms in total. The molecule has 25 heavy (non-hydrogen) atoms. The Bertz CT molecular complexity index is 534. The van der Waals surface area contributed by atoms with E-state index in [0.29, 0.717) is 23.4 Å². The van der Waals surface area contributed by atoms with E-state index < -0.39 is 0 Å². The highest BCUT2D eigenvalue weighted by Gasteiger charge is 2.59. The summed E-state index contributed by atoms with van der Waals surface area (Å²) in [4.78, 5) is 0. The SMILES string of the molecule is C[C@]12CCC3C(CC[C@H]4CC(O)CC[C@]34C)C1CCC2NCC#N.Cl. The molecule has 0 spiro atoms. The summed E-state index contributed by atoms with van der Waals surface area (Å²) in [7, 11) is 0. The van der Waals surface area contributed by atoms with Crippen molar-refractivity contribution in [1.82, 2.24) is 5.32 Å². The van der Waals surface area contributed by atoms with Gasteiger partial charge in [0.15, 0.2) is 0 Å². The van der Waals surface area contributed by atoms with Crippen LogP contribution >= 0.6 is 12.4 Å². The van der Waals surface area contributed by atoms with Crippen molar-refractivity contribution in [3.8, 4) is 6.07 Å². The van der Waals surface area contributed by atoms with E-state index in [2.05, 4.69) is 25.2 Å². The Kier molecular flexibility index (Phi) is 5.47. The lowest BCUT2D eigenvalue weighted by Crippen LogP contribution is -2.55. The van der Waals surface area contributed by atoms with Gasteiger partial charge in [0.2, 0.25) is 0 Å². The highest BCUT2D eigenvalue weighted by Crippen LogP contribution is 2.66. The molecule has 4 aliphatic carbocycles. The van der Waals surface area contributed by atoms with Crippen LogP contribution in [0.1, 0.15) is 71.6 Å². The van der Waals surface area contributed by atoms with Crippen molar-refractivity contribution in [3.05, 3.63) is 0 Å². The molecular formula is C21H35ClN2O. The van der Waals surface area contributed by atoms with Gasteiger partial charge in [-0.3, -0.25) is 0 Å². The van der Waals surface area contributed by atoms with E-state index in [-0.39, 0.29) is 18.5 Å². The molecule has 4 rings (SSSR count). The zero-order valence-electron chi connectivity index (χ0n) is 15.8. The maximum Gasteiger partial charge on any atom is 0.0843 e. The summed E-state index contributed by atoms with van der Waals surface area (Å²) in [5, 5.41) is 22.6. The molecule has 4 saturated carbocycles. The summed E-state index contributed by atoms with van der Waals surface area (Å²) in [5.41, 5.74) is 0.872. The molecule has 0 saturated heterocycles. The Balaban J connectivity index is 0.00000182. The zero-order chi connectivity index (χ0) is 16.9. The van der Waals surface area contributed by atoms with E-state index in [9.17, 15) is 5.11 Å². The van der Waals surface area contributed by atoms with E-state index in [4.69, 9.17) is 5.26 Å². The Morgan fingerprint density at radius 1 is 1.00 bits per heavy atom. The molecule has 8 atom stereocenters. The Labute approximate surface area is 159 Å². The Hall–Kier alpha value is -0.300. The molecule has 0 aromatic heterocycles. The molecule has 0 aromatic carbocycles. The fourth-order valence-corrected chi connectivity index (χ4v) is 7.74. The summed E-state index contributed by atoms with van der Waals surface area (Å²) in [5.74, 6) is 3.35. The lowest BCUT2D eigenvalue weighted by Gasteiger charge is -2.61. The van der Waals surface area contributed by atoms with E-state index in [0.717, 1.165) is 36.5 Å². The van der Waals surface area contributed by atoms with Gasteiger partial charge in [0, 0.05) is 6.04 Å². The van der Waals surface area contributed by atoms with Crippen molar-refractivity contribution in [2.24, 2.45) is 34.5 Å². The van der Waals surface area contributed by atoms with Crippen molar-refractivity contribution in [1.29, 1.82) is 5.26 Å². The third-order valence-corrected chi connectivity index (χ3v) is 9.07. The van der Waals surface area contributed by atoms with Crippen molar-refractivity contribution in [2.75, 3.05) is 6.54 Å². The van der Waals surface area contributed by atoms with Gasteiger partial charge < -0.3 is 10.4 Å². The van der Waals surface area contributed by atoms with Gasteiger partial charge in [-0.1, -0.05) is 13.8 Å². The van der Waals surface area contributed by atoms with E-state index in [1.54, 1.807) is 0 Å². The average molecular weight is 367 g/mol. The number of nitriles is 1. The normalized spacial score (nSPS) is 51.4. The van der Waals surface area contributed by atoms with Gasteiger partial charge in [-0.05, 0) is 92.3 Å². The second-order valence-corrected chi connectivity index (χ2v) is 9.80. The van der Waals surface area contributed by atoms with E-state index >= 15 is 0 Å². The number of hydrogen-bond donors (Lipinski definition) is 2. The number of aliphatic hydroxyl groups is 1. The van der Waals surface area contributed by atoms with Gasteiger partial charge in [-0.2, -0.15) is 5.26 Å². The van der Waals surface area contributed by atoms with Gasteiger partial charge in [0.05, 0.1) is 18.7 Å². The van der Waals surface area contributed by atoms with E-state index in [1.165, 1.54) is 44.9 Å². The number of nitrogens with one attached hydrogen (secondary N) is 1.